The van der Waals surface area contributed by atoms with Gasteiger partial charge in [-0.1, -0.05) is 51.1 Å². The van der Waals surface area contributed by atoms with E-state index in [1.165, 1.54) is 16.7 Å². The number of amides is 1. The average molecular weight is 508 g/mol. The Morgan fingerprint density at radius 3 is 2.36 bits per heavy atom. The minimum absolute atomic E-state index is 0.0605. The molecular formula is C29H37N3O3S. The highest BCUT2D eigenvalue weighted by molar-refractivity contribution is 7.09. The van der Waals surface area contributed by atoms with Crippen LogP contribution in [-0.4, -0.2) is 42.6 Å². The van der Waals surface area contributed by atoms with Gasteiger partial charge in [0, 0.05) is 24.5 Å². The summed E-state index contributed by atoms with van der Waals surface area (Å²) in [7, 11) is 3.31. The zero-order valence-electron chi connectivity index (χ0n) is 22.0. The van der Waals surface area contributed by atoms with Crippen LogP contribution in [0.25, 0.3) is 0 Å². The molecule has 0 unspecified atom stereocenters. The summed E-state index contributed by atoms with van der Waals surface area (Å²) in [4.78, 5) is 19.5. The van der Waals surface area contributed by atoms with E-state index >= 15 is 0 Å². The minimum Gasteiger partial charge on any atom is -0.493 e. The highest BCUT2D eigenvalue weighted by atomic mass is 32.1. The Hall–Kier alpha value is -2.90. The number of hydrogen-bond donors (Lipinski definition) is 1. The van der Waals surface area contributed by atoms with E-state index in [2.05, 4.69) is 66.3 Å². The molecule has 192 valence electrons. The molecule has 4 rings (SSSR count). The summed E-state index contributed by atoms with van der Waals surface area (Å²) in [5, 5.41) is 5.86. The van der Waals surface area contributed by atoms with E-state index in [4.69, 9.17) is 9.47 Å². The van der Waals surface area contributed by atoms with Crippen molar-refractivity contribution in [3.63, 3.8) is 0 Å². The summed E-state index contributed by atoms with van der Waals surface area (Å²) < 4.78 is 10.9. The maximum Gasteiger partial charge on any atom is 0.270 e. The number of carbonyl (C=O) groups excluding carboxylic acids is 1. The molecule has 36 heavy (non-hydrogen) atoms. The molecule has 3 aromatic rings. The smallest absolute Gasteiger partial charge is 0.270 e. The Morgan fingerprint density at radius 1 is 1.03 bits per heavy atom. The number of methoxy groups -OCH3 is 2. The van der Waals surface area contributed by atoms with Crippen molar-refractivity contribution >= 4 is 17.2 Å². The fourth-order valence-electron chi connectivity index (χ4n) is 4.07. The number of rotatable bonds is 11. The molecule has 1 amide bonds. The van der Waals surface area contributed by atoms with E-state index < -0.39 is 0 Å². The van der Waals surface area contributed by atoms with Crippen molar-refractivity contribution in [3.8, 4) is 11.5 Å². The van der Waals surface area contributed by atoms with E-state index in [9.17, 15) is 4.79 Å². The molecule has 2 aromatic carbocycles. The number of hydrogen-bond acceptors (Lipinski definition) is 6. The molecule has 1 aliphatic carbocycles. The summed E-state index contributed by atoms with van der Waals surface area (Å²) in [6, 6.07) is 15.3. The van der Waals surface area contributed by atoms with Crippen molar-refractivity contribution < 1.29 is 14.3 Å². The van der Waals surface area contributed by atoms with Gasteiger partial charge in [-0.3, -0.25) is 9.69 Å². The van der Waals surface area contributed by atoms with Crippen LogP contribution in [0.1, 0.15) is 65.8 Å². The highest BCUT2D eigenvalue weighted by Gasteiger charge is 2.25. The first kappa shape index (κ1) is 26.2. The Kier molecular flexibility index (Phi) is 8.32. The first-order valence-corrected chi connectivity index (χ1v) is 13.4. The fraction of sp³-hybridized carbons (Fsp3) is 0.448. The second-order valence-electron chi connectivity index (χ2n) is 10.5. The van der Waals surface area contributed by atoms with Gasteiger partial charge in [-0.25, -0.2) is 4.98 Å². The van der Waals surface area contributed by atoms with Crippen molar-refractivity contribution in [2.45, 2.75) is 64.6 Å². The predicted octanol–water partition coefficient (Wildman–Crippen LogP) is 5.59. The molecule has 1 aromatic heterocycles. The average Bonchev–Trinajstić information content (AvgIpc) is 3.55. The SMILES string of the molecule is COc1ccc(CCN(Cc2ccc(C(C)(C)C)cc2)Cc2nc(C(=O)NC3CC3)cs2)cc1OC. The normalized spacial score (nSPS) is 13.6. The van der Waals surface area contributed by atoms with Crippen molar-refractivity contribution in [1.82, 2.24) is 15.2 Å². The van der Waals surface area contributed by atoms with Crippen LogP contribution in [0.5, 0.6) is 11.5 Å². The largest absolute Gasteiger partial charge is 0.493 e. The highest BCUT2D eigenvalue weighted by Crippen LogP contribution is 2.28. The number of ether oxygens (including phenoxy) is 2. The van der Waals surface area contributed by atoms with Gasteiger partial charge in [0.05, 0.1) is 20.8 Å². The zero-order chi connectivity index (χ0) is 25.7. The van der Waals surface area contributed by atoms with Crippen LogP contribution in [0.2, 0.25) is 0 Å². The Morgan fingerprint density at radius 2 is 1.72 bits per heavy atom. The van der Waals surface area contributed by atoms with Gasteiger partial charge < -0.3 is 14.8 Å². The Balaban J connectivity index is 1.47. The van der Waals surface area contributed by atoms with Gasteiger partial charge in [0.15, 0.2) is 11.5 Å². The molecule has 1 heterocycles. The molecule has 7 heteroatoms. The third-order valence-electron chi connectivity index (χ3n) is 6.45. The van der Waals surface area contributed by atoms with Gasteiger partial charge in [-0.15, -0.1) is 11.3 Å². The Bertz CT molecular complexity index is 1160. The van der Waals surface area contributed by atoms with Crippen LogP contribution in [0, 0.1) is 0 Å². The topological polar surface area (TPSA) is 63.7 Å². The number of nitrogens with one attached hydrogen (secondary N) is 1. The third kappa shape index (κ3) is 7.08. The van der Waals surface area contributed by atoms with Crippen LogP contribution >= 0.6 is 11.3 Å². The van der Waals surface area contributed by atoms with E-state index in [0.29, 0.717) is 18.3 Å². The van der Waals surface area contributed by atoms with Gasteiger partial charge in [-0.05, 0) is 53.5 Å². The number of nitrogens with zero attached hydrogens (tertiary/aromatic N) is 2. The molecule has 1 saturated carbocycles. The number of aromatic nitrogens is 1. The number of carbonyl (C=O) groups is 1. The minimum atomic E-state index is -0.0605. The van der Waals surface area contributed by atoms with Crippen molar-refractivity contribution in [2.24, 2.45) is 0 Å². The molecular weight excluding hydrogens is 470 g/mol. The van der Waals surface area contributed by atoms with Crippen LogP contribution in [-0.2, 0) is 24.9 Å². The number of thiazole rings is 1. The van der Waals surface area contributed by atoms with Crippen molar-refractivity contribution in [3.05, 3.63) is 75.2 Å². The summed E-state index contributed by atoms with van der Waals surface area (Å²) in [6.45, 7) is 9.04. The lowest BCUT2D eigenvalue weighted by atomic mass is 9.87. The van der Waals surface area contributed by atoms with Gasteiger partial charge in [0.25, 0.3) is 5.91 Å². The molecule has 0 saturated heterocycles. The van der Waals surface area contributed by atoms with Gasteiger partial charge >= 0.3 is 0 Å². The van der Waals surface area contributed by atoms with Crippen molar-refractivity contribution in [1.29, 1.82) is 0 Å². The lowest BCUT2D eigenvalue weighted by molar-refractivity contribution is 0.0946. The molecule has 0 aliphatic heterocycles. The second-order valence-corrected chi connectivity index (χ2v) is 11.4. The molecule has 0 atom stereocenters. The maximum absolute atomic E-state index is 12.4. The fourth-order valence-corrected chi connectivity index (χ4v) is 4.89. The number of benzene rings is 2. The first-order valence-electron chi connectivity index (χ1n) is 12.5. The summed E-state index contributed by atoms with van der Waals surface area (Å²) in [5.41, 5.74) is 4.43. The van der Waals surface area contributed by atoms with E-state index in [1.54, 1.807) is 25.6 Å². The molecule has 0 bridgehead atoms. The zero-order valence-corrected chi connectivity index (χ0v) is 22.8. The summed E-state index contributed by atoms with van der Waals surface area (Å²) in [6.07, 6.45) is 3.00. The standard InChI is InChI=1S/C29H37N3O3S/c1-29(2,3)22-9-6-21(7-10-22)17-32(15-14-20-8-13-25(34-4)26(16-20)35-5)18-27-31-24(19-36-27)28(33)30-23-11-12-23/h6-10,13,16,19,23H,11-12,14-15,17-18H2,1-5H3,(H,30,33). The second kappa shape index (κ2) is 11.4. The van der Waals surface area contributed by atoms with E-state index in [0.717, 1.165) is 48.9 Å². The van der Waals surface area contributed by atoms with Crippen LogP contribution in [0.4, 0.5) is 0 Å². The molecule has 6 nitrogen and oxygen atoms in total. The van der Waals surface area contributed by atoms with Crippen LogP contribution in [0.3, 0.4) is 0 Å². The molecule has 1 fully saturated rings. The third-order valence-corrected chi connectivity index (χ3v) is 7.28. The lowest BCUT2D eigenvalue weighted by Crippen LogP contribution is -2.27. The molecule has 0 radical (unpaired) electrons. The molecule has 1 aliphatic rings. The van der Waals surface area contributed by atoms with Crippen LogP contribution < -0.4 is 14.8 Å². The summed E-state index contributed by atoms with van der Waals surface area (Å²) in [5.74, 6) is 1.41. The maximum atomic E-state index is 12.4. The molecule has 1 N–H and O–H groups in total. The van der Waals surface area contributed by atoms with Crippen molar-refractivity contribution in [2.75, 3.05) is 20.8 Å². The summed E-state index contributed by atoms with van der Waals surface area (Å²) >= 11 is 1.55. The van der Waals surface area contributed by atoms with Gasteiger partial charge in [-0.2, -0.15) is 0 Å². The van der Waals surface area contributed by atoms with Crippen LogP contribution in [0.15, 0.2) is 47.8 Å². The lowest BCUT2D eigenvalue weighted by Gasteiger charge is -2.23. The van der Waals surface area contributed by atoms with E-state index in [-0.39, 0.29) is 11.3 Å². The quantitative estimate of drug-likeness (QED) is 0.366. The predicted molar refractivity (Wildman–Crippen MR) is 145 cm³/mol. The molecule has 0 spiro atoms. The van der Waals surface area contributed by atoms with Gasteiger partial charge in [0.2, 0.25) is 0 Å². The Labute approximate surface area is 218 Å². The van der Waals surface area contributed by atoms with Gasteiger partial charge in [0.1, 0.15) is 10.7 Å². The monoisotopic (exact) mass is 507 g/mol. The van der Waals surface area contributed by atoms with E-state index in [1.807, 2.05) is 17.5 Å². The first-order chi connectivity index (χ1) is 17.2.